The highest BCUT2D eigenvalue weighted by molar-refractivity contribution is 6.30. The lowest BCUT2D eigenvalue weighted by Crippen LogP contribution is -2.30. The van der Waals surface area contributed by atoms with Gasteiger partial charge in [-0.1, -0.05) is 11.6 Å². The molecule has 2 aliphatic rings. The minimum absolute atomic E-state index is 0.227. The van der Waals surface area contributed by atoms with Crippen LogP contribution >= 0.6 is 11.6 Å². The second-order valence-corrected chi connectivity index (χ2v) is 5.84. The van der Waals surface area contributed by atoms with Crippen molar-refractivity contribution in [2.45, 2.75) is 31.8 Å². The van der Waals surface area contributed by atoms with Crippen LogP contribution in [-0.4, -0.2) is 31.0 Å². The van der Waals surface area contributed by atoms with Crippen molar-refractivity contribution in [1.29, 1.82) is 0 Å². The molecule has 1 N–H and O–H groups in total. The van der Waals surface area contributed by atoms with Crippen LogP contribution in [0.25, 0.3) is 0 Å². The van der Waals surface area contributed by atoms with E-state index in [0.717, 1.165) is 47.8 Å². The molecule has 0 radical (unpaired) electrons. The molecule has 1 aromatic carbocycles. The zero-order valence-corrected chi connectivity index (χ0v) is 11.7. The van der Waals surface area contributed by atoms with E-state index in [1.165, 1.54) is 0 Å². The van der Waals surface area contributed by atoms with E-state index in [1.807, 2.05) is 12.1 Å². The molecule has 0 bridgehead atoms. The van der Waals surface area contributed by atoms with Crippen molar-refractivity contribution in [1.82, 2.24) is 0 Å². The number of halogens is 1. The summed E-state index contributed by atoms with van der Waals surface area (Å²) in [5.74, 6) is 1.16. The Morgan fingerprint density at radius 3 is 3.05 bits per heavy atom. The Hall–Kier alpha value is -0.770. The van der Waals surface area contributed by atoms with E-state index < -0.39 is 0 Å². The number of hydrogen-bond donors (Lipinski definition) is 1. The van der Waals surface area contributed by atoms with Crippen LogP contribution in [0.1, 0.15) is 24.0 Å². The minimum atomic E-state index is -0.382. The van der Waals surface area contributed by atoms with Gasteiger partial charge in [-0.25, -0.2) is 0 Å². The summed E-state index contributed by atoms with van der Waals surface area (Å²) in [4.78, 5) is 0. The highest BCUT2D eigenvalue weighted by atomic mass is 35.5. The number of fused-ring (bicyclic) bond motifs is 1. The Kier molecular flexibility index (Phi) is 3.96. The van der Waals surface area contributed by atoms with E-state index in [-0.39, 0.29) is 12.0 Å². The monoisotopic (exact) mass is 282 g/mol. The zero-order chi connectivity index (χ0) is 13.2. The van der Waals surface area contributed by atoms with Gasteiger partial charge in [0.15, 0.2) is 0 Å². The first kappa shape index (κ1) is 13.2. The van der Waals surface area contributed by atoms with Crippen molar-refractivity contribution in [3.8, 4) is 5.75 Å². The molecule has 2 atom stereocenters. The smallest absolute Gasteiger partial charge is 0.126 e. The van der Waals surface area contributed by atoms with Gasteiger partial charge in [0.05, 0.1) is 19.3 Å². The first-order valence-electron chi connectivity index (χ1n) is 6.94. The average molecular weight is 283 g/mol. The van der Waals surface area contributed by atoms with Gasteiger partial charge in [-0.3, -0.25) is 0 Å². The zero-order valence-electron chi connectivity index (χ0n) is 10.9. The summed E-state index contributed by atoms with van der Waals surface area (Å²) in [6.07, 6.45) is 3.19. The fraction of sp³-hybridized carbons (Fsp3) is 0.600. The maximum absolute atomic E-state index is 10.4. The number of hydrogen-bond acceptors (Lipinski definition) is 3. The number of benzene rings is 1. The van der Waals surface area contributed by atoms with Gasteiger partial charge in [0.1, 0.15) is 5.75 Å². The SMILES string of the molecule is OC(Cc1cc(Cl)cc2c1OCC2)C1CCCOC1. The van der Waals surface area contributed by atoms with Gasteiger partial charge in [0.2, 0.25) is 0 Å². The second-order valence-electron chi connectivity index (χ2n) is 5.40. The van der Waals surface area contributed by atoms with Crippen LogP contribution in [0.5, 0.6) is 5.75 Å². The molecule has 0 saturated carbocycles. The fourth-order valence-electron chi connectivity index (χ4n) is 2.96. The largest absolute Gasteiger partial charge is 0.493 e. The number of rotatable bonds is 3. The fourth-order valence-corrected chi connectivity index (χ4v) is 3.22. The highest BCUT2D eigenvalue weighted by Crippen LogP contribution is 2.34. The maximum atomic E-state index is 10.4. The van der Waals surface area contributed by atoms with Gasteiger partial charge >= 0.3 is 0 Å². The third-order valence-electron chi connectivity index (χ3n) is 3.99. The molecule has 0 spiro atoms. The van der Waals surface area contributed by atoms with Crippen molar-refractivity contribution >= 4 is 11.6 Å². The first-order chi connectivity index (χ1) is 9.24. The van der Waals surface area contributed by atoms with E-state index in [4.69, 9.17) is 21.1 Å². The van der Waals surface area contributed by atoms with Crippen molar-refractivity contribution in [3.63, 3.8) is 0 Å². The molecular formula is C15H19ClO3. The average Bonchev–Trinajstić information content (AvgIpc) is 2.88. The maximum Gasteiger partial charge on any atom is 0.126 e. The Morgan fingerprint density at radius 2 is 2.26 bits per heavy atom. The van der Waals surface area contributed by atoms with Crippen LogP contribution in [-0.2, 0) is 17.6 Å². The van der Waals surface area contributed by atoms with Gasteiger partial charge in [-0.15, -0.1) is 0 Å². The predicted molar refractivity (Wildman–Crippen MR) is 73.9 cm³/mol. The topological polar surface area (TPSA) is 38.7 Å². The lowest BCUT2D eigenvalue weighted by atomic mass is 9.91. The molecule has 1 fully saturated rings. The van der Waals surface area contributed by atoms with Crippen molar-refractivity contribution < 1.29 is 14.6 Å². The molecule has 4 heteroatoms. The summed E-state index contributed by atoms with van der Waals surface area (Å²) in [6, 6.07) is 3.88. The number of aliphatic hydroxyl groups excluding tert-OH is 1. The van der Waals surface area contributed by atoms with Gasteiger partial charge in [0, 0.05) is 30.4 Å². The summed E-state index contributed by atoms with van der Waals surface area (Å²) < 4.78 is 11.1. The quantitative estimate of drug-likeness (QED) is 0.926. The second kappa shape index (κ2) is 5.70. The molecule has 0 amide bonds. The van der Waals surface area contributed by atoms with Crippen LogP contribution in [0.3, 0.4) is 0 Å². The molecule has 3 rings (SSSR count). The Balaban J connectivity index is 1.75. The number of ether oxygens (including phenoxy) is 2. The van der Waals surface area contributed by atoms with E-state index in [2.05, 4.69) is 0 Å². The van der Waals surface area contributed by atoms with Crippen LogP contribution in [0, 0.1) is 5.92 Å². The third kappa shape index (κ3) is 2.88. The van der Waals surface area contributed by atoms with Crippen LogP contribution in [0.15, 0.2) is 12.1 Å². The van der Waals surface area contributed by atoms with Crippen molar-refractivity contribution in [3.05, 3.63) is 28.3 Å². The molecule has 1 aromatic rings. The first-order valence-corrected chi connectivity index (χ1v) is 7.32. The lowest BCUT2D eigenvalue weighted by Gasteiger charge is -2.27. The summed E-state index contributed by atoms with van der Waals surface area (Å²) >= 11 is 6.14. The van der Waals surface area contributed by atoms with Gasteiger partial charge < -0.3 is 14.6 Å². The molecule has 0 aliphatic carbocycles. The van der Waals surface area contributed by atoms with Crippen LogP contribution < -0.4 is 4.74 Å². The van der Waals surface area contributed by atoms with Gasteiger partial charge in [-0.05, 0) is 36.1 Å². The van der Waals surface area contributed by atoms with Crippen LogP contribution in [0.2, 0.25) is 5.02 Å². The Bertz CT molecular complexity index is 455. The predicted octanol–water partition coefficient (Wildman–Crippen LogP) is 2.60. The van der Waals surface area contributed by atoms with Gasteiger partial charge in [-0.2, -0.15) is 0 Å². The van der Waals surface area contributed by atoms with E-state index in [1.54, 1.807) is 0 Å². The molecule has 104 valence electrons. The molecule has 0 aromatic heterocycles. The molecule has 2 aliphatic heterocycles. The van der Waals surface area contributed by atoms with Gasteiger partial charge in [0.25, 0.3) is 0 Å². The van der Waals surface area contributed by atoms with E-state index >= 15 is 0 Å². The molecule has 2 heterocycles. The number of aliphatic hydroxyl groups is 1. The van der Waals surface area contributed by atoms with Crippen LogP contribution in [0.4, 0.5) is 0 Å². The van der Waals surface area contributed by atoms with Crippen molar-refractivity contribution in [2.75, 3.05) is 19.8 Å². The lowest BCUT2D eigenvalue weighted by molar-refractivity contribution is -0.00863. The Morgan fingerprint density at radius 1 is 1.37 bits per heavy atom. The summed E-state index contributed by atoms with van der Waals surface area (Å²) in [5, 5.41) is 11.1. The molecule has 2 unspecified atom stereocenters. The molecular weight excluding hydrogens is 264 g/mol. The Labute approximate surface area is 118 Å². The van der Waals surface area contributed by atoms with E-state index in [9.17, 15) is 5.11 Å². The molecule has 3 nitrogen and oxygen atoms in total. The summed E-state index contributed by atoms with van der Waals surface area (Å²) in [6.45, 7) is 2.19. The molecule has 1 saturated heterocycles. The van der Waals surface area contributed by atoms with E-state index in [0.29, 0.717) is 19.6 Å². The third-order valence-corrected chi connectivity index (χ3v) is 4.21. The standard InChI is InChI=1S/C15H19ClO3/c16-13-6-10-3-5-19-15(10)12(7-13)8-14(17)11-2-1-4-18-9-11/h6-7,11,14,17H,1-5,8-9H2. The highest BCUT2D eigenvalue weighted by Gasteiger charge is 2.25. The van der Waals surface area contributed by atoms with Crippen molar-refractivity contribution in [2.24, 2.45) is 5.92 Å². The summed E-state index contributed by atoms with van der Waals surface area (Å²) in [5.41, 5.74) is 2.19. The minimum Gasteiger partial charge on any atom is -0.493 e. The summed E-state index contributed by atoms with van der Waals surface area (Å²) in [7, 11) is 0. The molecule has 19 heavy (non-hydrogen) atoms. The normalized spacial score (nSPS) is 23.8.